The molecule has 0 spiro atoms. The van der Waals surface area contributed by atoms with Crippen molar-refractivity contribution in [2.75, 3.05) is 13.2 Å². The molecule has 0 fully saturated rings. The minimum Gasteiger partial charge on any atom is -0.462 e. The standard InChI is InChI=1S/C61H96O6/c1-4-7-10-13-16-19-22-25-27-29-31-33-34-36-39-42-45-48-51-54-60(63)66-57-58(56-65-59(62)53-50-47-44-41-38-24-21-18-15-12-9-6-3)67-61(64)55-52-49-46-43-40-37-35-32-30-28-26-23-20-17-14-11-8-5-2/h7,10,13,16,18-19,21-23,25-36,39,58H,4-6,8-9,11-12,14-15,17,20,24,37-38,40-57H2,1-3H3/b10-7-,16-13-,21-18-,22-19-,26-23-,27-25-,30-28-,31-29+,34-33-,35-32-,39-36-. The van der Waals surface area contributed by atoms with Crippen molar-refractivity contribution in [3.63, 3.8) is 0 Å². The first-order chi connectivity index (χ1) is 33.0. The van der Waals surface area contributed by atoms with Crippen LogP contribution in [-0.2, 0) is 28.6 Å². The van der Waals surface area contributed by atoms with Crippen molar-refractivity contribution in [2.24, 2.45) is 0 Å². The van der Waals surface area contributed by atoms with Crippen LogP contribution in [0.1, 0.15) is 213 Å². The molecule has 1 atom stereocenters. The van der Waals surface area contributed by atoms with E-state index in [0.717, 1.165) is 109 Å². The summed E-state index contributed by atoms with van der Waals surface area (Å²) in [6.07, 6.45) is 75.7. The Morgan fingerprint density at radius 1 is 0.313 bits per heavy atom. The highest BCUT2D eigenvalue weighted by atomic mass is 16.6. The zero-order valence-corrected chi connectivity index (χ0v) is 42.9. The lowest BCUT2D eigenvalue weighted by Gasteiger charge is -2.18. The molecule has 0 heterocycles. The number of rotatable bonds is 46. The van der Waals surface area contributed by atoms with Gasteiger partial charge in [0.2, 0.25) is 0 Å². The number of hydrogen-bond donors (Lipinski definition) is 0. The van der Waals surface area contributed by atoms with Gasteiger partial charge in [-0.3, -0.25) is 14.4 Å². The lowest BCUT2D eigenvalue weighted by molar-refractivity contribution is -0.167. The van der Waals surface area contributed by atoms with E-state index in [0.29, 0.717) is 12.8 Å². The molecular formula is C61H96O6. The zero-order valence-electron chi connectivity index (χ0n) is 42.9. The minimum atomic E-state index is -0.816. The number of carbonyl (C=O) groups is 3. The van der Waals surface area contributed by atoms with Crippen LogP contribution in [0.15, 0.2) is 134 Å². The van der Waals surface area contributed by atoms with E-state index in [9.17, 15) is 14.4 Å². The molecule has 376 valence electrons. The lowest BCUT2D eigenvalue weighted by Crippen LogP contribution is -2.30. The molecule has 0 aromatic heterocycles. The Morgan fingerprint density at radius 2 is 0.597 bits per heavy atom. The Bertz CT molecular complexity index is 1480. The molecule has 0 aromatic rings. The maximum atomic E-state index is 12.8. The van der Waals surface area contributed by atoms with E-state index in [1.54, 1.807) is 0 Å². The number of hydrogen-bond acceptors (Lipinski definition) is 6. The van der Waals surface area contributed by atoms with Gasteiger partial charge in [0, 0.05) is 19.3 Å². The predicted molar refractivity (Wildman–Crippen MR) is 288 cm³/mol. The van der Waals surface area contributed by atoms with Crippen LogP contribution in [-0.4, -0.2) is 37.2 Å². The molecule has 0 aliphatic rings. The molecule has 0 amide bonds. The lowest BCUT2D eigenvalue weighted by atomic mass is 10.1. The molecule has 0 aliphatic carbocycles. The first-order valence-corrected chi connectivity index (χ1v) is 26.8. The van der Waals surface area contributed by atoms with Crippen molar-refractivity contribution >= 4 is 17.9 Å². The largest absolute Gasteiger partial charge is 0.462 e. The van der Waals surface area contributed by atoms with Gasteiger partial charge in [0.1, 0.15) is 13.2 Å². The second-order valence-electron chi connectivity index (χ2n) is 17.3. The van der Waals surface area contributed by atoms with Gasteiger partial charge in [0.25, 0.3) is 0 Å². The average molecular weight is 925 g/mol. The normalized spacial score (nSPS) is 13.2. The van der Waals surface area contributed by atoms with Crippen molar-refractivity contribution in [1.29, 1.82) is 0 Å². The third-order valence-corrected chi connectivity index (χ3v) is 10.9. The number of ether oxygens (including phenoxy) is 3. The van der Waals surface area contributed by atoms with Crippen LogP contribution < -0.4 is 0 Å². The first-order valence-electron chi connectivity index (χ1n) is 26.8. The van der Waals surface area contributed by atoms with E-state index in [1.165, 1.54) is 64.2 Å². The van der Waals surface area contributed by atoms with Crippen LogP contribution in [0.2, 0.25) is 0 Å². The third-order valence-electron chi connectivity index (χ3n) is 10.9. The molecule has 6 heteroatoms. The molecule has 0 saturated carbocycles. The van der Waals surface area contributed by atoms with Gasteiger partial charge in [0.15, 0.2) is 6.10 Å². The first kappa shape index (κ1) is 62.5. The smallest absolute Gasteiger partial charge is 0.306 e. The molecular weight excluding hydrogens is 829 g/mol. The molecule has 67 heavy (non-hydrogen) atoms. The van der Waals surface area contributed by atoms with Crippen LogP contribution >= 0.6 is 0 Å². The maximum absolute atomic E-state index is 12.8. The van der Waals surface area contributed by atoms with Crippen molar-refractivity contribution in [1.82, 2.24) is 0 Å². The second kappa shape index (κ2) is 54.2. The number of esters is 3. The topological polar surface area (TPSA) is 78.9 Å². The molecule has 0 aliphatic heterocycles. The fourth-order valence-corrected chi connectivity index (χ4v) is 6.83. The third kappa shape index (κ3) is 52.4. The number of carbonyl (C=O) groups excluding carboxylic acids is 3. The van der Waals surface area contributed by atoms with Crippen LogP contribution in [0.25, 0.3) is 0 Å². The average Bonchev–Trinajstić information content (AvgIpc) is 3.33. The Kier molecular flexibility index (Phi) is 50.6. The Balaban J connectivity index is 4.56. The summed E-state index contributed by atoms with van der Waals surface area (Å²) in [5.41, 5.74) is 0. The van der Waals surface area contributed by atoms with E-state index in [-0.39, 0.29) is 37.5 Å². The van der Waals surface area contributed by atoms with Gasteiger partial charge in [-0.2, -0.15) is 0 Å². The predicted octanol–water partition coefficient (Wildman–Crippen LogP) is 17.9. The highest BCUT2D eigenvalue weighted by molar-refractivity contribution is 5.71. The molecule has 6 nitrogen and oxygen atoms in total. The zero-order chi connectivity index (χ0) is 48.6. The van der Waals surface area contributed by atoms with Crippen LogP contribution in [0.5, 0.6) is 0 Å². The fraction of sp³-hybridized carbons (Fsp3) is 0.590. The second-order valence-corrected chi connectivity index (χ2v) is 17.3. The van der Waals surface area contributed by atoms with Gasteiger partial charge in [-0.05, 0) is 89.9 Å². The highest BCUT2D eigenvalue weighted by Crippen LogP contribution is 2.13. The van der Waals surface area contributed by atoms with Gasteiger partial charge >= 0.3 is 17.9 Å². The molecule has 0 bridgehead atoms. The molecule has 0 aromatic carbocycles. The molecule has 0 saturated heterocycles. The van der Waals surface area contributed by atoms with Gasteiger partial charge in [-0.1, -0.05) is 238 Å². The van der Waals surface area contributed by atoms with Gasteiger partial charge in [-0.25, -0.2) is 0 Å². The van der Waals surface area contributed by atoms with E-state index in [1.807, 2.05) is 72.9 Å². The quantitative estimate of drug-likeness (QED) is 0.0199. The summed E-state index contributed by atoms with van der Waals surface area (Å²) >= 11 is 0. The fourth-order valence-electron chi connectivity index (χ4n) is 6.83. The van der Waals surface area contributed by atoms with Crippen LogP contribution in [0, 0.1) is 0 Å². The van der Waals surface area contributed by atoms with Gasteiger partial charge < -0.3 is 14.2 Å². The van der Waals surface area contributed by atoms with Crippen molar-refractivity contribution in [3.8, 4) is 0 Å². The monoisotopic (exact) mass is 925 g/mol. The molecule has 1 unspecified atom stereocenters. The summed E-state index contributed by atoms with van der Waals surface area (Å²) in [6.45, 7) is 6.37. The molecule has 0 N–H and O–H groups in total. The van der Waals surface area contributed by atoms with E-state index in [4.69, 9.17) is 14.2 Å². The Hall–Kier alpha value is -4.45. The Morgan fingerprint density at radius 3 is 1.00 bits per heavy atom. The summed E-state index contributed by atoms with van der Waals surface area (Å²) < 4.78 is 16.8. The number of allylic oxidation sites excluding steroid dienone is 22. The minimum absolute atomic E-state index is 0.111. The summed E-state index contributed by atoms with van der Waals surface area (Å²) in [6, 6.07) is 0. The van der Waals surface area contributed by atoms with E-state index < -0.39 is 6.10 Å². The van der Waals surface area contributed by atoms with Crippen LogP contribution in [0.4, 0.5) is 0 Å². The van der Waals surface area contributed by atoms with Crippen molar-refractivity contribution in [2.45, 2.75) is 219 Å². The summed E-state index contributed by atoms with van der Waals surface area (Å²) in [7, 11) is 0. The Labute approximate surface area is 411 Å². The highest BCUT2D eigenvalue weighted by Gasteiger charge is 2.19. The van der Waals surface area contributed by atoms with E-state index >= 15 is 0 Å². The summed E-state index contributed by atoms with van der Waals surface area (Å²) in [4.78, 5) is 38.0. The van der Waals surface area contributed by atoms with Crippen molar-refractivity contribution < 1.29 is 28.6 Å². The molecule has 0 rings (SSSR count). The molecule has 0 radical (unpaired) electrons. The maximum Gasteiger partial charge on any atom is 0.306 e. The van der Waals surface area contributed by atoms with Gasteiger partial charge in [-0.15, -0.1) is 0 Å². The SMILES string of the molecule is CC\C=C/C=C\C=C/C=C\C=C\C=C/C=C\CCCCCC(=O)OCC(COC(=O)CCCCCCC/C=C\CCCCC)OC(=O)CCCCCCC\C=C/C=C\C=C/CCCCCCC. The summed E-state index contributed by atoms with van der Waals surface area (Å²) in [5.74, 6) is -0.993. The van der Waals surface area contributed by atoms with Crippen LogP contribution in [0.3, 0.4) is 0 Å². The van der Waals surface area contributed by atoms with E-state index in [2.05, 4.69) is 81.5 Å². The number of unbranched alkanes of at least 4 members (excludes halogenated alkanes) is 21. The van der Waals surface area contributed by atoms with Crippen molar-refractivity contribution in [3.05, 3.63) is 134 Å². The van der Waals surface area contributed by atoms with Gasteiger partial charge in [0.05, 0.1) is 0 Å². The summed E-state index contributed by atoms with van der Waals surface area (Å²) in [5, 5.41) is 0.